The van der Waals surface area contributed by atoms with Gasteiger partial charge in [-0.25, -0.2) is 0 Å². The van der Waals surface area contributed by atoms with Crippen LogP contribution in [0.4, 0.5) is 0 Å². The normalized spacial score (nSPS) is 22.1. The van der Waals surface area contributed by atoms with Gasteiger partial charge in [0.05, 0.1) is 11.6 Å². The van der Waals surface area contributed by atoms with Crippen molar-refractivity contribution in [2.45, 2.75) is 85.4 Å². The summed E-state index contributed by atoms with van der Waals surface area (Å²) < 4.78 is 0. The summed E-state index contributed by atoms with van der Waals surface area (Å²) in [5, 5.41) is 1.14. The summed E-state index contributed by atoms with van der Waals surface area (Å²) in [6, 6.07) is 10.8. The zero-order valence-electron chi connectivity index (χ0n) is 26.5. The minimum atomic E-state index is 0.0122. The molecule has 6 heteroatoms. The Labute approximate surface area is 253 Å². The van der Waals surface area contributed by atoms with Crippen LogP contribution in [0.5, 0.6) is 0 Å². The molecule has 2 fully saturated rings. The lowest BCUT2D eigenvalue weighted by molar-refractivity contribution is -0.143. The van der Waals surface area contributed by atoms with Crippen LogP contribution in [0.3, 0.4) is 0 Å². The zero-order valence-corrected chi connectivity index (χ0v) is 26.5. The fourth-order valence-corrected chi connectivity index (χ4v) is 6.82. The first-order valence-corrected chi connectivity index (χ1v) is 15.9. The molecule has 1 aromatic heterocycles. The molecule has 2 aliphatic heterocycles. The number of nitrogens with zero attached hydrogens (tertiary/aromatic N) is 4. The Morgan fingerprint density at radius 2 is 1.83 bits per heavy atom. The summed E-state index contributed by atoms with van der Waals surface area (Å²) in [4.78, 5) is 37.3. The van der Waals surface area contributed by atoms with Crippen molar-refractivity contribution in [3.8, 4) is 0 Å². The fraction of sp³-hybridized carbons (Fsp3) is 0.528. The van der Waals surface area contributed by atoms with Crippen LogP contribution in [0.2, 0.25) is 0 Å². The molecule has 0 radical (unpaired) electrons. The van der Waals surface area contributed by atoms with Gasteiger partial charge >= 0.3 is 0 Å². The van der Waals surface area contributed by atoms with E-state index in [1.807, 2.05) is 17.2 Å². The molecule has 2 amide bonds. The van der Waals surface area contributed by atoms with Crippen molar-refractivity contribution in [3.05, 3.63) is 78.0 Å². The molecular weight excluding hydrogens is 520 g/mol. The molecule has 0 saturated carbocycles. The monoisotopic (exact) mass is 570 g/mol. The number of fused-ring (bicyclic) bond motifs is 1. The molecule has 2 aliphatic rings. The summed E-state index contributed by atoms with van der Waals surface area (Å²) in [5.74, 6) is 1.06. The van der Waals surface area contributed by atoms with Gasteiger partial charge in [0.25, 0.3) is 0 Å². The van der Waals surface area contributed by atoms with E-state index in [-0.39, 0.29) is 29.9 Å². The first-order valence-electron chi connectivity index (χ1n) is 15.9. The average molecular weight is 571 g/mol. The third kappa shape index (κ3) is 7.38. The topological polar surface area (TPSA) is 56.8 Å². The van der Waals surface area contributed by atoms with E-state index in [1.165, 1.54) is 11.1 Å². The number of benzene rings is 1. The zero-order chi connectivity index (χ0) is 30.2. The first-order chi connectivity index (χ1) is 20.2. The molecule has 0 N–H and O–H groups in total. The van der Waals surface area contributed by atoms with Crippen molar-refractivity contribution in [1.82, 2.24) is 19.7 Å². The maximum Gasteiger partial charge on any atom is 0.223 e. The number of pyridine rings is 1. The number of amides is 2. The molecule has 226 valence electrons. The number of carbonyl (C=O) groups is 2. The number of likely N-dealkylation sites (tertiary alicyclic amines) is 1. The minimum absolute atomic E-state index is 0.0122. The van der Waals surface area contributed by atoms with Crippen molar-refractivity contribution in [2.75, 3.05) is 26.2 Å². The molecule has 2 aromatic rings. The molecule has 3 heterocycles. The van der Waals surface area contributed by atoms with Crippen LogP contribution >= 0.6 is 0 Å². The number of hydrogen-bond donors (Lipinski definition) is 0. The SMILES string of the molecule is C\C=C/C(=C\C=C\CC)C(c1cccc2cccnc12)N1CC(C)N(C(=O)CC2CCN(C(C)=O)CC2)C(C(C)C)C1. The van der Waals surface area contributed by atoms with Crippen molar-refractivity contribution in [3.63, 3.8) is 0 Å². The van der Waals surface area contributed by atoms with Gasteiger partial charge in [-0.2, -0.15) is 0 Å². The van der Waals surface area contributed by atoms with E-state index in [2.05, 4.69) is 99.1 Å². The quantitative estimate of drug-likeness (QED) is 0.306. The van der Waals surface area contributed by atoms with Crippen LogP contribution in [0.25, 0.3) is 10.9 Å². The van der Waals surface area contributed by atoms with E-state index in [4.69, 9.17) is 4.98 Å². The number of piperazine rings is 1. The molecule has 1 aromatic carbocycles. The van der Waals surface area contributed by atoms with Crippen LogP contribution in [0, 0.1) is 11.8 Å². The Morgan fingerprint density at radius 3 is 2.50 bits per heavy atom. The van der Waals surface area contributed by atoms with Crippen LogP contribution in [-0.2, 0) is 9.59 Å². The maximum atomic E-state index is 13.9. The van der Waals surface area contributed by atoms with Gasteiger partial charge in [-0.1, -0.05) is 75.4 Å². The summed E-state index contributed by atoms with van der Waals surface area (Å²) >= 11 is 0. The van der Waals surface area contributed by atoms with Gasteiger partial charge in [-0.3, -0.25) is 19.5 Å². The Kier molecular flexibility index (Phi) is 11.1. The van der Waals surface area contributed by atoms with Crippen molar-refractivity contribution in [1.29, 1.82) is 0 Å². The predicted molar refractivity (Wildman–Crippen MR) is 173 cm³/mol. The molecule has 3 atom stereocenters. The average Bonchev–Trinajstić information content (AvgIpc) is 2.97. The summed E-state index contributed by atoms with van der Waals surface area (Å²) in [6.07, 6.45) is 16.2. The summed E-state index contributed by atoms with van der Waals surface area (Å²) in [6.45, 7) is 15.7. The number of para-hydroxylation sites is 1. The molecule has 3 unspecified atom stereocenters. The standard InChI is InChI=1S/C36H50N4O2/c1-7-9-10-14-31(13-8-2)36(32-17-11-15-30-16-12-20-37-35(30)32)39-24-27(5)40(33(25-39)26(3)4)34(42)23-29-18-21-38(22-19-29)28(6)41/h8-17,20,26-27,29,33,36H,7,18-19,21-25H2,1-6H3/b10-9+,13-8-,31-14+. The number of piperidine rings is 1. The molecule has 0 aliphatic carbocycles. The van der Waals surface area contributed by atoms with Gasteiger partial charge < -0.3 is 9.80 Å². The molecule has 2 saturated heterocycles. The third-order valence-electron chi connectivity index (χ3n) is 8.99. The highest BCUT2D eigenvalue weighted by Crippen LogP contribution is 2.37. The lowest BCUT2D eigenvalue weighted by atomic mass is 9.88. The number of rotatable bonds is 9. The predicted octanol–water partition coefficient (Wildman–Crippen LogP) is 6.95. The van der Waals surface area contributed by atoms with E-state index >= 15 is 0 Å². The lowest BCUT2D eigenvalue weighted by Crippen LogP contribution is -2.62. The maximum absolute atomic E-state index is 13.9. The largest absolute Gasteiger partial charge is 0.343 e. The van der Waals surface area contributed by atoms with Crippen molar-refractivity contribution >= 4 is 22.7 Å². The number of carbonyl (C=O) groups excluding carboxylic acids is 2. The van der Waals surface area contributed by atoms with E-state index in [0.29, 0.717) is 18.3 Å². The molecule has 42 heavy (non-hydrogen) atoms. The van der Waals surface area contributed by atoms with Gasteiger partial charge in [0, 0.05) is 68.8 Å². The Hall–Kier alpha value is -3.25. The Balaban J connectivity index is 1.66. The Morgan fingerprint density at radius 1 is 1.10 bits per heavy atom. The number of hydrogen-bond acceptors (Lipinski definition) is 4. The lowest BCUT2D eigenvalue weighted by Gasteiger charge is -2.50. The summed E-state index contributed by atoms with van der Waals surface area (Å²) in [7, 11) is 0. The Bertz CT molecular complexity index is 1300. The van der Waals surface area contributed by atoms with Gasteiger partial charge in [-0.15, -0.1) is 0 Å². The van der Waals surface area contributed by atoms with Gasteiger partial charge in [0.1, 0.15) is 0 Å². The second-order valence-corrected chi connectivity index (χ2v) is 12.4. The van der Waals surface area contributed by atoms with E-state index in [1.54, 1.807) is 6.92 Å². The van der Waals surface area contributed by atoms with Crippen molar-refractivity contribution < 1.29 is 9.59 Å². The minimum Gasteiger partial charge on any atom is -0.343 e. The molecule has 0 spiro atoms. The van der Waals surface area contributed by atoms with Gasteiger partial charge in [-0.05, 0) is 56.6 Å². The van der Waals surface area contributed by atoms with E-state index in [9.17, 15) is 9.59 Å². The van der Waals surface area contributed by atoms with Crippen LogP contribution in [0.15, 0.2) is 72.5 Å². The number of aromatic nitrogens is 1. The second kappa shape index (κ2) is 14.8. The van der Waals surface area contributed by atoms with Crippen LogP contribution in [-0.4, -0.2) is 69.8 Å². The van der Waals surface area contributed by atoms with Crippen LogP contribution in [0.1, 0.15) is 78.8 Å². The highest BCUT2D eigenvalue weighted by Gasteiger charge is 2.41. The van der Waals surface area contributed by atoms with Crippen molar-refractivity contribution in [2.24, 2.45) is 11.8 Å². The highest BCUT2D eigenvalue weighted by molar-refractivity contribution is 5.82. The smallest absolute Gasteiger partial charge is 0.223 e. The second-order valence-electron chi connectivity index (χ2n) is 12.4. The third-order valence-corrected chi connectivity index (χ3v) is 8.99. The molecule has 4 rings (SSSR count). The van der Waals surface area contributed by atoms with E-state index < -0.39 is 0 Å². The highest BCUT2D eigenvalue weighted by atomic mass is 16.2. The van der Waals surface area contributed by atoms with Crippen LogP contribution < -0.4 is 0 Å². The molecule has 6 nitrogen and oxygen atoms in total. The summed E-state index contributed by atoms with van der Waals surface area (Å²) in [5.41, 5.74) is 3.46. The van der Waals surface area contributed by atoms with Gasteiger partial charge in [0.2, 0.25) is 11.8 Å². The fourth-order valence-electron chi connectivity index (χ4n) is 6.82. The van der Waals surface area contributed by atoms with E-state index in [0.717, 1.165) is 56.3 Å². The van der Waals surface area contributed by atoms with Gasteiger partial charge in [0.15, 0.2) is 0 Å². The number of allylic oxidation sites excluding steroid dienone is 4. The molecule has 0 bridgehead atoms. The molecular formula is C36H50N4O2. The first kappa shape index (κ1) is 31.7.